The van der Waals surface area contributed by atoms with Gasteiger partial charge in [0.1, 0.15) is 0 Å². The van der Waals surface area contributed by atoms with Gasteiger partial charge >= 0.3 is 0 Å². The zero-order valence-corrected chi connectivity index (χ0v) is 11.6. The fourth-order valence-electron chi connectivity index (χ4n) is 1.88. The summed E-state index contributed by atoms with van der Waals surface area (Å²) in [6.45, 7) is 6.11. The van der Waals surface area contributed by atoms with E-state index in [9.17, 15) is 4.79 Å². The van der Waals surface area contributed by atoms with Crippen LogP contribution in [0.5, 0.6) is 0 Å². The normalized spacial score (nSPS) is 10.8. The van der Waals surface area contributed by atoms with E-state index in [1.165, 1.54) is 6.21 Å². The molecule has 0 aliphatic rings. The van der Waals surface area contributed by atoms with Crippen molar-refractivity contribution in [2.45, 2.75) is 33.2 Å². The molecule has 0 aromatic carbocycles. The lowest BCUT2D eigenvalue weighted by Crippen LogP contribution is -2.45. The quantitative estimate of drug-likeness (QED) is 0.350. The van der Waals surface area contributed by atoms with E-state index in [0.717, 1.165) is 31.5 Å². The molecule has 0 unspecified atom stereocenters. The summed E-state index contributed by atoms with van der Waals surface area (Å²) in [7, 11) is 0. The molecular formula is C14H22N3O2+. The van der Waals surface area contributed by atoms with Crippen LogP contribution in [-0.2, 0) is 11.3 Å². The van der Waals surface area contributed by atoms with Crippen molar-refractivity contribution < 1.29 is 14.6 Å². The first-order valence-corrected chi connectivity index (χ1v) is 6.65. The minimum atomic E-state index is 0.136. The third-order valence-electron chi connectivity index (χ3n) is 2.78. The van der Waals surface area contributed by atoms with Gasteiger partial charge in [-0.1, -0.05) is 19.0 Å². The van der Waals surface area contributed by atoms with Crippen molar-refractivity contribution in [1.82, 2.24) is 4.90 Å². The average molecular weight is 264 g/mol. The zero-order chi connectivity index (χ0) is 14.1. The summed E-state index contributed by atoms with van der Waals surface area (Å²) < 4.78 is 1.83. The van der Waals surface area contributed by atoms with E-state index in [0.29, 0.717) is 6.54 Å². The number of hydrogen-bond acceptors (Lipinski definition) is 3. The summed E-state index contributed by atoms with van der Waals surface area (Å²) in [5.41, 5.74) is 0.796. The number of rotatable bonds is 7. The molecule has 0 aliphatic carbocycles. The van der Waals surface area contributed by atoms with Crippen LogP contribution >= 0.6 is 0 Å². The highest BCUT2D eigenvalue weighted by Crippen LogP contribution is 1.96. The predicted molar refractivity (Wildman–Crippen MR) is 73.2 cm³/mol. The van der Waals surface area contributed by atoms with E-state index in [-0.39, 0.29) is 5.91 Å². The topological polar surface area (TPSA) is 56.8 Å². The molecule has 1 amide bonds. The minimum absolute atomic E-state index is 0.136. The van der Waals surface area contributed by atoms with Crippen molar-refractivity contribution in [1.29, 1.82) is 0 Å². The van der Waals surface area contributed by atoms with Gasteiger partial charge in [0.2, 0.25) is 6.54 Å². The first kappa shape index (κ1) is 15.1. The fraction of sp³-hybridized carbons (Fsp3) is 0.500. The average Bonchev–Trinajstić information content (AvgIpc) is 2.41. The Morgan fingerprint density at radius 3 is 2.37 bits per heavy atom. The summed E-state index contributed by atoms with van der Waals surface area (Å²) in [5.74, 6) is 0.136. The molecule has 5 nitrogen and oxygen atoms in total. The largest absolute Gasteiger partial charge is 0.411 e. The lowest BCUT2D eigenvalue weighted by molar-refractivity contribution is -0.685. The number of oxime groups is 1. The van der Waals surface area contributed by atoms with E-state index in [2.05, 4.69) is 19.0 Å². The highest BCUT2D eigenvalue weighted by Gasteiger charge is 2.16. The first-order valence-electron chi connectivity index (χ1n) is 6.65. The predicted octanol–water partition coefficient (Wildman–Crippen LogP) is 1.43. The molecule has 0 aliphatic heterocycles. The highest BCUT2D eigenvalue weighted by molar-refractivity contribution is 5.78. The molecule has 0 spiro atoms. The number of hydrogen-bond donors (Lipinski definition) is 1. The van der Waals surface area contributed by atoms with Gasteiger partial charge in [-0.3, -0.25) is 4.79 Å². The van der Waals surface area contributed by atoms with E-state index in [1.807, 2.05) is 21.9 Å². The lowest BCUT2D eigenvalue weighted by atomic mass is 10.3. The van der Waals surface area contributed by atoms with Crippen LogP contribution in [0.1, 0.15) is 32.3 Å². The Bertz CT molecular complexity index is 409. The first-order chi connectivity index (χ1) is 9.21. The molecule has 5 heteroatoms. The van der Waals surface area contributed by atoms with Crippen molar-refractivity contribution in [3.05, 3.63) is 30.1 Å². The van der Waals surface area contributed by atoms with Gasteiger partial charge < -0.3 is 10.1 Å². The molecule has 1 N–H and O–H groups in total. The summed E-state index contributed by atoms with van der Waals surface area (Å²) in [4.78, 5) is 14.0. The summed E-state index contributed by atoms with van der Waals surface area (Å²) in [6, 6.07) is 3.61. The number of pyridine rings is 1. The second-order valence-electron chi connectivity index (χ2n) is 4.43. The zero-order valence-electron chi connectivity index (χ0n) is 11.6. The number of carbonyl (C=O) groups excluding carboxylic acids is 1. The maximum atomic E-state index is 12.1. The van der Waals surface area contributed by atoms with Gasteiger partial charge in [-0.15, -0.1) is 0 Å². The lowest BCUT2D eigenvalue weighted by Gasteiger charge is -2.19. The Kier molecular flexibility index (Phi) is 6.57. The standard InChI is InChI=1S/C14H21N3O2/c1-3-7-17(8-4-2)14(18)12-16-9-5-13(6-10-16)11-15-19/h5-6,9-11H,3-4,7-8,12H2,1-2H3/p+1. The van der Waals surface area contributed by atoms with Crippen LogP contribution in [0.25, 0.3) is 0 Å². The van der Waals surface area contributed by atoms with Crippen molar-refractivity contribution in [3.63, 3.8) is 0 Å². The summed E-state index contributed by atoms with van der Waals surface area (Å²) in [5, 5.41) is 11.4. The molecule has 0 saturated carbocycles. The molecule has 1 heterocycles. The van der Waals surface area contributed by atoms with Crippen LogP contribution < -0.4 is 4.57 Å². The van der Waals surface area contributed by atoms with E-state index < -0.39 is 0 Å². The van der Waals surface area contributed by atoms with Gasteiger partial charge in [0, 0.05) is 30.8 Å². The molecule has 104 valence electrons. The van der Waals surface area contributed by atoms with Gasteiger partial charge in [-0.25, -0.2) is 0 Å². The minimum Gasteiger partial charge on any atom is -0.411 e. The van der Waals surface area contributed by atoms with Gasteiger partial charge in [-0.2, -0.15) is 4.57 Å². The third-order valence-corrected chi connectivity index (χ3v) is 2.78. The SMILES string of the molecule is CCCN(CCC)C(=O)C[n+]1ccc(C=NO)cc1. The van der Waals surface area contributed by atoms with Crippen LogP contribution in [0.2, 0.25) is 0 Å². The van der Waals surface area contributed by atoms with Gasteiger partial charge in [0.05, 0.1) is 6.21 Å². The van der Waals surface area contributed by atoms with E-state index in [1.54, 1.807) is 12.1 Å². The van der Waals surface area contributed by atoms with Crippen molar-refractivity contribution in [2.75, 3.05) is 13.1 Å². The van der Waals surface area contributed by atoms with Crippen LogP contribution in [0.4, 0.5) is 0 Å². The Labute approximate surface area is 114 Å². The molecule has 0 saturated heterocycles. The number of nitrogens with zero attached hydrogens (tertiary/aromatic N) is 3. The maximum Gasteiger partial charge on any atom is 0.288 e. The Hall–Kier alpha value is -1.91. The molecule has 1 aromatic heterocycles. The molecule has 1 aromatic rings. The number of aromatic nitrogens is 1. The van der Waals surface area contributed by atoms with Crippen molar-refractivity contribution in [3.8, 4) is 0 Å². The second-order valence-corrected chi connectivity index (χ2v) is 4.43. The van der Waals surface area contributed by atoms with Gasteiger partial charge in [0.25, 0.3) is 5.91 Å². The number of amides is 1. The Morgan fingerprint density at radius 1 is 1.32 bits per heavy atom. The van der Waals surface area contributed by atoms with Crippen LogP contribution in [0.3, 0.4) is 0 Å². The van der Waals surface area contributed by atoms with Crippen LogP contribution in [0.15, 0.2) is 29.7 Å². The molecule has 1 rings (SSSR count). The second kappa shape index (κ2) is 8.24. The molecule has 0 radical (unpaired) electrons. The smallest absolute Gasteiger partial charge is 0.288 e. The van der Waals surface area contributed by atoms with Crippen molar-refractivity contribution in [2.24, 2.45) is 5.16 Å². The Balaban J connectivity index is 2.63. The monoisotopic (exact) mass is 264 g/mol. The molecule has 0 atom stereocenters. The third kappa shape index (κ3) is 5.07. The van der Waals surface area contributed by atoms with Gasteiger partial charge in [-0.05, 0) is 12.8 Å². The van der Waals surface area contributed by atoms with Crippen LogP contribution in [-0.4, -0.2) is 35.3 Å². The summed E-state index contributed by atoms with van der Waals surface area (Å²) in [6.07, 6.45) is 6.92. The fourth-order valence-corrected chi connectivity index (χ4v) is 1.88. The van der Waals surface area contributed by atoms with E-state index in [4.69, 9.17) is 5.21 Å². The van der Waals surface area contributed by atoms with E-state index >= 15 is 0 Å². The molecule has 19 heavy (non-hydrogen) atoms. The number of carbonyl (C=O) groups is 1. The maximum absolute atomic E-state index is 12.1. The van der Waals surface area contributed by atoms with Crippen LogP contribution in [0, 0.1) is 0 Å². The highest BCUT2D eigenvalue weighted by atomic mass is 16.4. The summed E-state index contributed by atoms with van der Waals surface area (Å²) >= 11 is 0. The molecular weight excluding hydrogens is 242 g/mol. The Morgan fingerprint density at radius 2 is 1.89 bits per heavy atom. The molecule has 0 fully saturated rings. The molecule has 0 bridgehead atoms. The van der Waals surface area contributed by atoms with Gasteiger partial charge in [0.15, 0.2) is 12.4 Å². The van der Waals surface area contributed by atoms with Crippen molar-refractivity contribution >= 4 is 12.1 Å².